The van der Waals surface area contributed by atoms with Crippen LogP contribution in [-0.4, -0.2) is 25.2 Å². The molecule has 100 valence electrons. The van der Waals surface area contributed by atoms with E-state index in [0.29, 0.717) is 6.42 Å². The molecule has 1 aliphatic carbocycles. The number of allylic oxidation sites excluding steroid dienone is 2. The highest BCUT2D eigenvalue weighted by Crippen LogP contribution is 2.27. The van der Waals surface area contributed by atoms with E-state index in [9.17, 15) is 18.0 Å². The Balaban J connectivity index is 2.59. The highest BCUT2D eigenvalue weighted by atomic mass is 32.2. The first-order valence-electron chi connectivity index (χ1n) is 6.03. The van der Waals surface area contributed by atoms with E-state index in [4.69, 9.17) is 0 Å². The Hall–Kier alpha value is -1.75. The molecule has 1 aromatic carbocycles. The van der Waals surface area contributed by atoms with Crippen molar-refractivity contribution in [2.24, 2.45) is 0 Å². The fraction of sp³-hybridized carbons (Fsp3) is 0.286. The van der Waals surface area contributed by atoms with Crippen molar-refractivity contribution in [3.05, 3.63) is 46.4 Å². The third kappa shape index (κ3) is 2.14. The maximum absolute atomic E-state index is 12.2. The van der Waals surface area contributed by atoms with Gasteiger partial charge in [0.1, 0.15) is 4.91 Å². The molecule has 0 spiro atoms. The Kier molecular flexibility index (Phi) is 3.41. The molecule has 19 heavy (non-hydrogen) atoms. The van der Waals surface area contributed by atoms with Gasteiger partial charge in [-0.15, -0.1) is 0 Å². The maximum Gasteiger partial charge on any atom is 0.205 e. The lowest BCUT2D eigenvalue weighted by Crippen LogP contribution is -2.27. The molecule has 1 atom stereocenters. The predicted octanol–water partition coefficient (Wildman–Crippen LogP) is 2.16. The van der Waals surface area contributed by atoms with E-state index < -0.39 is 26.7 Å². The summed E-state index contributed by atoms with van der Waals surface area (Å²) in [6.07, 6.45) is 1.34. The molecule has 5 heteroatoms. The zero-order chi connectivity index (χ0) is 14.2. The van der Waals surface area contributed by atoms with E-state index in [1.807, 2.05) is 0 Å². The van der Waals surface area contributed by atoms with Crippen molar-refractivity contribution >= 4 is 21.4 Å². The van der Waals surface area contributed by atoms with Crippen molar-refractivity contribution in [2.45, 2.75) is 25.5 Å². The minimum atomic E-state index is -3.75. The van der Waals surface area contributed by atoms with Crippen LogP contribution in [0.4, 0.5) is 0 Å². The second-order valence-corrected chi connectivity index (χ2v) is 6.85. The van der Waals surface area contributed by atoms with Crippen molar-refractivity contribution in [2.75, 3.05) is 0 Å². The van der Waals surface area contributed by atoms with Gasteiger partial charge < -0.3 is 0 Å². The number of rotatable bonds is 3. The van der Waals surface area contributed by atoms with Crippen molar-refractivity contribution in [3.63, 3.8) is 0 Å². The minimum absolute atomic E-state index is 0.164. The summed E-state index contributed by atoms with van der Waals surface area (Å²) in [6, 6.07) is 6.27. The Morgan fingerprint density at radius 1 is 1.11 bits per heavy atom. The number of Topliss-reactive ketones (excluding diaryl/α,β-unsaturated/α-hetero) is 1. The average Bonchev–Trinajstić information content (AvgIpc) is 2.41. The normalized spacial score (nSPS) is 16.8. The summed E-state index contributed by atoms with van der Waals surface area (Å²) in [5.41, 5.74) is 0.424. The van der Waals surface area contributed by atoms with Gasteiger partial charge in [0.2, 0.25) is 5.78 Å². The molecule has 1 aliphatic rings. The summed E-state index contributed by atoms with van der Waals surface area (Å²) in [5.74, 6) is -1.02. The largest absolute Gasteiger partial charge is 0.289 e. The third-order valence-corrected chi connectivity index (χ3v) is 5.64. The Morgan fingerprint density at radius 3 is 2.26 bits per heavy atom. The smallest absolute Gasteiger partial charge is 0.205 e. The summed E-state index contributed by atoms with van der Waals surface area (Å²) in [7, 11) is -3.75. The summed E-state index contributed by atoms with van der Waals surface area (Å²) in [6.45, 7) is 3.26. The highest BCUT2D eigenvalue weighted by Gasteiger charge is 2.35. The van der Waals surface area contributed by atoms with E-state index in [1.54, 1.807) is 19.1 Å². The summed E-state index contributed by atoms with van der Waals surface area (Å²) >= 11 is 0. The van der Waals surface area contributed by atoms with Crippen molar-refractivity contribution in [3.8, 4) is 0 Å². The number of carbonyl (C=O) groups is 2. The van der Waals surface area contributed by atoms with Crippen LogP contribution in [0, 0.1) is 0 Å². The van der Waals surface area contributed by atoms with Crippen LogP contribution < -0.4 is 0 Å². The fourth-order valence-corrected chi connectivity index (χ4v) is 3.45. The number of benzene rings is 1. The van der Waals surface area contributed by atoms with Gasteiger partial charge >= 0.3 is 0 Å². The van der Waals surface area contributed by atoms with Gasteiger partial charge in [-0.2, -0.15) is 0 Å². The van der Waals surface area contributed by atoms with Gasteiger partial charge in [-0.05, 0) is 13.3 Å². The molecule has 0 saturated heterocycles. The van der Waals surface area contributed by atoms with Gasteiger partial charge in [-0.25, -0.2) is 8.42 Å². The topological polar surface area (TPSA) is 68.3 Å². The molecule has 2 rings (SSSR count). The first-order valence-corrected chi connectivity index (χ1v) is 7.58. The van der Waals surface area contributed by atoms with Gasteiger partial charge in [0.05, 0.1) is 5.25 Å². The van der Waals surface area contributed by atoms with Crippen LogP contribution >= 0.6 is 0 Å². The zero-order valence-electron chi connectivity index (χ0n) is 10.7. The van der Waals surface area contributed by atoms with Crippen LogP contribution in [0.1, 0.15) is 41.0 Å². The molecule has 0 radical (unpaired) electrons. The fourth-order valence-electron chi connectivity index (χ4n) is 1.94. The number of carbonyl (C=O) groups excluding carboxylic acids is 2. The number of fused-ring (bicyclic) bond motifs is 1. The van der Waals surface area contributed by atoms with Crippen LogP contribution in [-0.2, 0) is 9.84 Å². The minimum Gasteiger partial charge on any atom is -0.289 e. The quantitative estimate of drug-likeness (QED) is 0.849. The van der Waals surface area contributed by atoms with Gasteiger partial charge in [-0.1, -0.05) is 31.2 Å². The van der Waals surface area contributed by atoms with Gasteiger partial charge in [0.15, 0.2) is 15.6 Å². The van der Waals surface area contributed by atoms with Crippen molar-refractivity contribution in [1.82, 2.24) is 0 Å². The molecule has 4 nitrogen and oxygen atoms in total. The third-order valence-electron chi connectivity index (χ3n) is 3.33. The molecule has 0 heterocycles. The SMILES string of the molecule is CCC(C)S(=O)(=O)C1=CC(=O)c2ccccc2C1=O. The predicted molar refractivity (Wildman–Crippen MR) is 71.9 cm³/mol. The highest BCUT2D eigenvalue weighted by molar-refractivity contribution is 7.96. The molecule has 0 aliphatic heterocycles. The van der Waals surface area contributed by atoms with E-state index in [2.05, 4.69) is 0 Å². The Labute approximate surface area is 112 Å². The van der Waals surface area contributed by atoms with Crippen LogP contribution in [0.2, 0.25) is 0 Å². The number of hydrogen-bond donors (Lipinski definition) is 0. The van der Waals surface area contributed by atoms with Gasteiger partial charge in [0.25, 0.3) is 0 Å². The molecule has 0 N–H and O–H groups in total. The monoisotopic (exact) mass is 278 g/mol. The molecular weight excluding hydrogens is 264 g/mol. The lowest BCUT2D eigenvalue weighted by molar-refractivity contribution is 0.0990. The second kappa shape index (κ2) is 4.74. The summed E-state index contributed by atoms with van der Waals surface area (Å²) < 4.78 is 24.5. The molecular formula is C14H14O4S. The van der Waals surface area contributed by atoms with Gasteiger partial charge in [-0.3, -0.25) is 9.59 Å². The van der Waals surface area contributed by atoms with Crippen LogP contribution in [0.25, 0.3) is 0 Å². The van der Waals surface area contributed by atoms with Crippen molar-refractivity contribution < 1.29 is 18.0 Å². The number of sulfone groups is 1. The van der Waals surface area contributed by atoms with Crippen molar-refractivity contribution in [1.29, 1.82) is 0 Å². The zero-order valence-corrected chi connectivity index (χ0v) is 11.5. The Morgan fingerprint density at radius 2 is 1.68 bits per heavy atom. The summed E-state index contributed by atoms with van der Waals surface area (Å²) in [5, 5.41) is -0.680. The lowest BCUT2D eigenvalue weighted by Gasteiger charge is -2.17. The first-order chi connectivity index (χ1) is 8.89. The molecule has 1 unspecified atom stereocenters. The Bertz CT molecular complexity index is 683. The van der Waals surface area contributed by atoms with Gasteiger partial charge in [0, 0.05) is 17.2 Å². The molecule has 0 bridgehead atoms. The van der Waals surface area contributed by atoms with E-state index in [1.165, 1.54) is 19.1 Å². The van der Waals surface area contributed by atoms with E-state index in [-0.39, 0.29) is 16.0 Å². The standard InChI is InChI=1S/C14H14O4S/c1-3-9(2)19(17,18)13-8-12(15)10-6-4-5-7-11(10)14(13)16/h4-9H,3H2,1-2H3. The number of ketones is 2. The molecule has 1 aromatic rings. The molecule has 0 aromatic heterocycles. The molecule has 0 amide bonds. The average molecular weight is 278 g/mol. The number of hydrogen-bond acceptors (Lipinski definition) is 4. The molecule has 0 saturated carbocycles. The summed E-state index contributed by atoms with van der Waals surface area (Å²) in [4.78, 5) is 23.8. The first kappa shape index (κ1) is 13.7. The van der Waals surface area contributed by atoms with Crippen LogP contribution in [0.15, 0.2) is 35.2 Å². The van der Waals surface area contributed by atoms with E-state index in [0.717, 1.165) is 6.08 Å². The lowest BCUT2D eigenvalue weighted by atomic mass is 9.95. The maximum atomic E-state index is 12.2. The van der Waals surface area contributed by atoms with E-state index >= 15 is 0 Å². The molecule has 0 fully saturated rings. The van der Waals surface area contributed by atoms with Crippen LogP contribution in [0.5, 0.6) is 0 Å². The second-order valence-electron chi connectivity index (χ2n) is 4.51. The van der Waals surface area contributed by atoms with Crippen LogP contribution in [0.3, 0.4) is 0 Å².